The smallest absolute Gasteiger partial charge is 0.261 e. The van der Waals surface area contributed by atoms with E-state index in [-0.39, 0.29) is 48.5 Å². The number of carbonyl (C=O) groups is 3. The average Bonchev–Trinajstić information content (AvgIpc) is 3.29. The van der Waals surface area contributed by atoms with Crippen molar-refractivity contribution in [2.75, 3.05) is 6.26 Å². The molecule has 6 rings (SSSR count). The monoisotopic (exact) mass is 438 g/mol. The summed E-state index contributed by atoms with van der Waals surface area (Å²) < 4.78 is 0. The number of hydrogen-bond donors (Lipinski definition) is 3. The van der Waals surface area contributed by atoms with E-state index >= 15 is 0 Å². The van der Waals surface area contributed by atoms with Crippen LogP contribution in [-0.4, -0.2) is 93.9 Å². The summed E-state index contributed by atoms with van der Waals surface area (Å²) in [6, 6.07) is -1.60. The number of rotatable bonds is 1. The maximum atomic E-state index is 14.0. The van der Waals surface area contributed by atoms with Crippen LogP contribution >= 0.6 is 23.5 Å². The third-order valence-corrected chi connectivity index (χ3v) is 10.8. The number of hydrogen-bond acceptors (Lipinski definition) is 8. The van der Waals surface area contributed by atoms with Gasteiger partial charge in [-0.3, -0.25) is 14.4 Å². The lowest BCUT2D eigenvalue weighted by Crippen LogP contribution is -2.77. The minimum Gasteiger partial charge on any atom is -0.391 e. The summed E-state index contributed by atoms with van der Waals surface area (Å²) >= 11 is 2.46. The molecule has 0 aromatic carbocycles. The second kappa shape index (κ2) is 5.40. The van der Waals surface area contributed by atoms with E-state index in [0.717, 1.165) is 0 Å². The van der Waals surface area contributed by atoms with Crippen molar-refractivity contribution in [1.29, 1.82) is 0 Å². The summed E-state index contributed by atoms with van der Waals surface area (Å²) in [7, 11) is 0. The summed E-state index contributed by atoms with van der Waals surface area (Å²) in [4.78, 5) is 41.0. The van der Waals surface area contributed by atoms with Crippen molar-refractivity contribution < 1.29 is 29.7 Å². The van der Waals surface area contributed by atoms with Gasteiger partial charge in [-0.1, -0.05) is 12.2 Å². The molecule has 4 heterocycles. The van der Waals surface area contributed by atoms with E-state index in [1.807, 2.05) is 0 Å². The van der Waals surface area contributed by atoms with E-state index < -0.39 is 45.6 Å². The van der Waals surface area contributed by atoms with E-state index in [1.165, 1.54) is 33.3 Å². The lowest BCUT2D eigenvalue weighted by molar-refractivity contribution is -0.171. The standard InChI is InChI=1S/C19H22N2O6S2/c1-28-18-6-8-9(22)2-3-10(23)13(8)20(18)16(26)19-7-17(27)12(29-19)5-4-11(24)14(17)21(19)15(18)25/h4-5,8,10-14,23-24,27H,2-3,6-7H2,1H3/t8?,10-,11-,12-,13-,14+,17+,18+,19+/m0/s1. The van der Waals surface area contributed by atoms with Gasteiger partial charge in [0.05, 0.1) is 29.5 Å². The Morgan fingerprint density at radius 2 is 1.93 bits per heavy atom. The second-order valence-electron chi connectivity index (χ2n) is 9.02. The largest absolute Gasteiger partial charge is 0.391 e. The molecule has 2 amide bonds. The zero-order valence-electron chi connectivity index (χ0n) is 15.7. The molecule has 0 aromatic rings. The van der Waals surface area contributed by atoms with E-state index in [1.54, 1.807) is 18.4 Å². The molecule has 10 heteroatoms. The fourth-order valence-electron chi connectivity index (χ4n) is 6.66. The molecule has 0 aromatic heterocycles. The minimum atomic E-state index is -1.37. The van der Waals surface area contributed by atoms with Gasteiger partial charge in [0.1, 0.15) is 11.4 Å². The van der Waals surface area contributed by atoms with Gasteiger partial charge in [-0.2, -0.15) is 0 Å². The number of aliphatic hydroxyl groups is 3. The molecular weight excluding hydrogens is 416 g/mol. The van der Waals surface area contributed by atoms with Gasteiger partial charge in [0.15, 0.2) is 9.74 Å². The van der Waals surface area contributed by atoms with Gasteiger partial charge >= 0.3 is 0 Å². The molecular formula is C19H22N2O6S2. The normalized spacial score (nSPS) is 54.7. The molecule has 1 unspecified atom stereocenters. The fraction of sp³-hybridized carbons (Fsp3) is 0.737. The van der Waals surface area contributed by atoms with E-state index in [4.69, 9.17) is 0 Å². The number of carbonyl (C=O) groups excluding carboxylic acids is 3. The zero-order chi connectivity index (χ0) is 20.5. The zero-order valence-corrected chi connectivity index (χ0v) is 17.4. The Kier molecular flexibility index (Phi) is 3.48. The number of Topliss-reactive ketones (excluding diaryl/α,β-unsaturated/α-hetero) is 1. The number of thioether (sulfide) groups is 2. The van der Waals surface area contributed by atoms with Gasteiger partial charge in [0, 0.05) is 25.2 Å². The highest BCUT2D eigenvalue weighted by molar-refractivity contribution is 8.02. The molecule has 2 bridgehead atoms. The van der Waals surface area contributed by atoms with Crippen molar-refractivity contribution in [2.24, 2.45) is 5.92 Å². The van der Waals surface area contributed by atoms with Crippen molar-refractivity contribution in [3.8, 4) is 0 Å². The molecule has 5 fully saturated rings. The first kappa shape index (κ1) is 18.7. The molecule has 6 aliphatic rings. The van der Waals surface area contributed by atoms with Gasteiger partial charge in [-0.05, 0) is 12.7 Å². The first-order valence-corrected chi connectivity index (χ1v) is 12.0. The quantitative estimate of drug-likeness (QED) is 0.450. The molecule has 3 N–H and O–H groups in total. The van der Waals surface area contributed by atoms with Gasteiger partial charge in [0.2, 0.25) is 0 Å². The number of ketones is 1. The van der Waals surface area contributed by atoms with Crippen LogP contribution in [0.25, 0.3) is 0 Å². The van der Waals surface area contributed by atoms with Crippen LogP contribution < -0.4 is 0 Å². The van der Waals surface area contributed by atoms with Crippen LogP contribution in [0.3, 0.4) is 0 Å². The summed E-state index contributed by atoms with van der Waals surface area (Å²) in [5, 5.41) is 32.4. The Bertz CT molecular complexity index is 898. The molecule has 9 atom stereocenters. The Balaban J connectivity index is 1.55. The Hall–Kier alpha value is -1.07. The minimum absolute atomic E-state index is 0.0163. The van der Waals surface area contributed by atoms with Crippen molar-refractivity contribution in [2.45, 2.75) is 70.6 Å². The Labute approximate surface area is 175 Å². The topological polar surface area (TPSA) is 118 Å². The van der Waals surface area contributed by atoms with Crippen molar-refractivity contribution >= 4 is 41.1 Å². The maximum Gasteiger partial charge on any atom is 0.261 e. The third-order valence-electron chi connectivity index (χ3n) is 7.86. The highest BCUT2D eigenvalue weighted by Gasteiger charge is 2.82. The van der Waals surface area contributed by atoms with Gasteiger partial charge < -0.3 is 25.1 Å². The Morgan fingerprint density at radius 3 is 2.66 bits per heavy atom. The summed E-state index contributed by atoms with van der Waals surface area (Å²) in [5.41, 5.74) is -1.37. The van der Waals surface area contributed by atoms with E-state index in [9.17, 15) is 29.7 Å². The van der Waals surface area contributed by atoms with Gasteiger partial charge in [-0.15, -0.1) is 23.5 Å². The highest BCUT2D eigenvalue weighted by Crippen LogP contribution is 2.67. The molecule has 0 radical (unpaired) electrons. The Morgan fingerprint density at radius 1 is 1.17 bits per heavy atom. The van der Waals surface area contributed by atoms with E-state index in [2.05, 4.69) is 0 Å². The first-order valence-electron chi connectivity index (χ1n) is 9.91. The van der Waals surface area contributed by atoms with Gasteiger partial charge in [0.25, 0.3) is 11.8 Å². The van der Waals surface area contributed by atoms with Gasteiger partial charge in [-0.25, -0.2) is 0 Å². The summed E-state index contributed by atoms with van der Waals surface area (Å²) in [6.07, 6.45) is 3.87. The third kappa shape index (κ3) is 1.82. The van der Waals surface area contributed by atoms with Crippen LogP contribution in [0.1, 0.15) is 25.7 Å². The first-order chi connectivity index (χ1) is 13.7. The average molecular weight is 439 g/mol. The predicted octanol–water partition coefficient (Wildman–Crippen LogP) is -0.925. The van der Waals surface area contributed by atoms with Crippen LogP contribution in [0, 0.1) is 5.92 Å². The maximum absolute atomic E-state index is 14.0. The van der Waals surface area contributed by atoms with E-state index in [0.29, 0.717) is 0 Å². The molecule has 156 valence electrons. The van der Waals surface area contributed by atoms with Crippen molar-refractivity contribution in [3.05, 3.63) is 12.2 Å². The van der Waals surface area contributed by atoms with Crippen LogP contribution in [0.2, 0.25) is 0 Å². The lowest BCUT2D eigenvalue weighted by Gasteiger charge is -2.57. The molecule has 4 aliphatic heterocycles. The summed E-state index contributed by atoms with van der Waals surface area (Å²) in [6.45, 7) is 0. The fourth-order valence-corrected chi connectivity index (χ4v) is 9.52. The number of nitrogens with zero attached hydrogens (tertiary/aromatic N) is 2. The van der Waals surface area contributed by atoms with Crippen LogP contribution in [0.15, 0.2) is 12.2 Å². The lowest BCUT2D eigenvalue weighted by atomic mass is 9.81. The number of aliphatic hydroxyl groups excluding tert-OH is 2. The van der Waals surface area contributed by atoms with Crippen molar-refractivity contribution in [1.82, 2.24) is 9.80 Å². The molecule has 1 spiro atoms. The molecule has 8 nitrogen and oxygen atoms in total. The van der Waals surface area contributed by atoms with Crippen molar-refractivity contribution in [3.63, 3.8) is 0 Å². The predicted molar refractivity (Wildman–Crippen MR) is 105 cm³/mol. The molecule has 2 aliphatic carbocycles. The molecule has 4 saturated heterocycles. The molecule has 29 heavy (non-hydrogen) atoms. The number of fused-ring (bicyclic) bond motifs is 4. The highest BCUT2D eigenvalue weighted by atomic mass is 32.2. The van der Waals surface area contributed by atoms with Crippen LogP contribution in [0.5, 0.6) is 0 Å². The second-order valence-corrected chi connectivity index (χ2v) is 11.5. The SMILES string of the molecule is CS[C@@]12CC3C(=O)CC[C@H](O)[C@H]3N1C(=O)[C@]13C[C@@]4(O)[C@H](C=C[C@H](O)[C@H]4N1C2=O)S3. The molecule has 1 saturated carbocycles. The summed E-state index contributed by atoms with van der Waals surface area (Å²) in [5.74, 6) is -1.26. The van der Waals surface area contributed by atoms with Crippen LogP contribution in [-0.2, 0) is 14.4 Å². The number of piperazine rings is 1. The van der Waals surface area contributed by atoms with Crippen LogP contribution in [0.4, 0.5) is 0 Å². The number of amides is 2.